The van der Waals surface area contributed by atoms with E-state index < -0.39 is 7.60 Å². The van der Waals surface area contributed by atoms with Crippen LogP contribution in [0.5, 0.6) is 0 Å². The van der Waals surface area contributed by atoms with Gasteiger partial charge in [-0.05, 0) is 13.8 Å². The van der Waals surface area contributed by atoms with Crippen molar-refractivity contribution >= 4 is 7.60 Å². The fraction of sp³-hybridized carbons (Fsp3) is 0.889. The third kappa shape index (κ3) is 4.53. The van der Waals surface area contributed by atoms with Gasteiger partial charge in [0.1, 0.15) is 0 Å². The van der Waals surface area contributed by atoms with E-state index in [0.29, 0.717) is 32.4 Å². The number of hydrogen-bond acceptors (Lipinski definition) is 5. The van der Waals surface area contributed by atoms with Crippen LogP contribution in [-0.2, 0) is 23.1 Å². The van der Waals surface area contributed by atoms with Crippen molar-refractivity contribution in [1.29, 1.82) is 0 Å². The molecule has 1 unspecified atom stereocenters. The molecule has 0 spiro atoms. The van der Waals surface area contributed by atoms with Crippen LogP contribution in [0.4, 0.5) is 0 Å². The van der Waals surface area contributed by atoms with E-state index in [9.17, 15) is 4.57 Å². The predicted octanol–water partition coefficient (Wildman–Crippen LogP) is 2.18. The van der Waals surface area contributed by atoms with Crippen molar-refractivity contribution in [3.05, 3.63) is 6.61 Å². The molecule has 1 rings (SSSR count). The van der Waals surface area contributed by atoms with Gasteiger partial charge in [0.15, 0.2) is 0 Å². The highest BCUT2D eigenvalue weighted by molar-refractivity contribution is 7.53. The zero-order chi connectivity index (χ0) is 11.1. The minimum absolute atomic E-state index is 0.306. The molecule has 0 radical (unpaired) electrons. The van der Waals surface area contributed by atoms with Crippen LogP contribution in [0.2, 0.25) is 0 Å². The summed E-state index contributed by atoms with van der Waals surface area (Å²) < 4.78 is 32.6. The van der Waals surface area contributed by atoms with Gasteiger partial charge in [0, 0.05) is 6.42 Å². The van der Waals surface area contributed by atoms with Crippen molar-refractivity contribution in [1.82, 2.24) is 0 Å². The van der Waals surface area contributed by atoms with Crippen LogP contribution >= 0.6 is 7.60 Å². The lowest BCUT2D eigenvalue weighted by Crippen LogP contribution is -2.11. The molecular formula is C9H18O5P+. The molecule has 0 aromatic carbocycles. The van der Waals surface area contributed by atoms with E-state index in [1.54, 1.807) is 20.5 Å². The molecule has 0 aromatic rings. The molecule has 0 amide bonds. The minimum atomic E-state index is -2.95. The van der Waals surface area contributed by atoms with E-state index in [0.717, 1.165) is 0 Å². The first-order chi connectivity index (χ1) is 7.20. The van der Waals surface area contributed by atoms with Gasteiger partial charge in [-0.25, -0.2) is 0 Å². The normalized spacial score (nSPS) is 21.6. The van der Waals surface area contributed by atoms with Gasteiger partial charge in [0.2, 0.25) is 12.9 Å². The first-order valence-electron chi connectivity index (χ1n) is 5.17. The average Bonchev–Trinajstić information content (AvgIpc) is 2.68. The van der Waals surface area contributed by atoms with Crippen molar-refractivity contribution in [3.63, 3.8) is 0 Å². The molecule has 1 heterocycles. The van der Waals surface area contributed by atoms with Gasteiger partial charge in [-0.2, -0.15) is 4.74 Å². The first kappa shape index (κ1) is 13.0. The molecule has 1 aliphatic heterocycles. The molecule has 6 heteroatoms. The Morgan fingerprint density at radius 3 is 2.53 bits per heavy atom. The lowest BCUT2D eigenvalue weighted by molar-refractivity contribution is -0.0351. The van der Waals surface area contributed by atoms with Crippen LogP contribution in [0.25, 0.3) is 0 Å². The molecule has 15 heavy (non-hydrogen) atoms. The maximum absolute atomic E-state index is 12.0. The predicted molar refractivity (Wildman–Crippen MR) is 55.5 cm³/mol. The molecule has 0 bridgehead atoms. The molecular weight excluding hydrogens is 219 g/mol. The monoisotopic (exact) mass is 237 g/mol. The second-order valence-corrected chi connectivity index (χ2v) is 5.21. The molecule has 5 nitrogen and oxygen atoms in total. The van der Waals surface area contributed by atoms with E-state index in [-0.39, 0.29) is 6.29 Å². The molecule has 88 valence electrons. The highest BCUT2D eigenvalue weighted by Gasteiger charge is 2.30. The smallest absolute Gasteiger partial charge is 0.309 e. The van der Waals surface area contributed by atoms with E-state index in [2.05, 4.69) is 0 Å². The minimum Gasteiger partial charge on any atom is -0.309 e. The summed E-state index contributed by atoms with van der Waals surface area (Å²) in [5, 5.41) is 0. The van der Waals surface area contributed by atoms with Crippen LogP contribution in [0.15, 0.2) is 0 Å². The number of hydrogen-bond donors (Lipinski definition) is 0. The Balaban J connectivity index is 2.32. The maximum atomic E-state index is 12.0. The van der Waals surface area contributed by atoms with Crippen molar-refractivity contribution in [2.45, 2.75) is 26.6 Å². The maximum Gasteiger partial charge on any atom is 0.330 e. The van der Waals surface area contributed by atoms with Gasteiger partial charge in [-0.15, -0.1) is 0 Å². The van der Waals surface area contributed by atoms with E-state index >= 15 is 0 Å². The lowest BCUT2D eigenvalue weighted by Gasteiger charge is -2.17. The average molecular weight is 237 g/mol. The van der Waals surface area contributed by atoms with Crippen molar-refractivity contribution in [3.8, 4) is 0 Å². The van der Waals surface area contributed by atoms with E-state index in [1.165, 1.54) is 0 Å². The summed E-state index contributed by atoms with van der Waals surface area (Å²) in [7, 11) is -2.95. The molecule has 1 atom stereocenters. The Bertz CT molecular complexity index is 205. The van der Waals surface area contributed by atoms with Gasteiger partial charge in [0.25, 0.3) is 6.61 Å². The second kappa shape index (κ2) is 6.51. The zero-order valence-corrected chi connectivity index (χ0v) is 10.1. The third-order valence-electron chi connectivity index (χ3n) is 1.89. The van der Waals surface area contributed by atoms with E-state index in [4.69, 9.17) is 18.5 Å². The van der Waals surface area contributed by atoms with Crippen molar-refractivity contribution in [2.75, 3.05) is 26.0 Å². The summed E-state index contributed by atoms with van der Waals surface area (Å²) in [6.45, 7) is 6.44. The van der Waals surface area contributed by atoms with Gasteiger partial charge in [0.05, 0.1) is 19.4 Å². The summed E-state index contributed by atoms with van der Waals surface area (Å²) >= 11 is 0. The highest BCUT2D eigenvalue weighted by Crippen LogP contribution is 2.48. The summed E-state index contributed by atoms with van der Waals surface area (Å²) in [5.41, 5.74) is 0. The summed E-state index contributed by atoms with van der Waals surface area (Å²) in [5.74, 6) is 0. The number of ether oxygens (including phenoxy) is 2. The topological polar surface area (TPSA) is 54.0 Å². The van der Waals surface area contributed by atoms with Crippen molar-refractivity contribution < 1.29 is 23.1 Å². The Morgan fingerprint density at radius 1 is 1.40 bits per heavy atom. The Labute approximate surface area is 90.6 Å². The van der Waals surface area contributed by atoms with Crippen LogP contribution in [0, 0.1) is 6.61 Å². The Morgan fingerprint density at radius 2 is 2.07 bits per heavy atom. The van der Waals surface area contributed by atoms with Gasteiger partial charge < -0.3 is 13.8 Å². The fourth-order valence-electron chi connectivity index (χ4n) is 1.31. The molecule has 1 aliphatic rings. The lowest BCUT2D eigenvalue weighted by atomic mass is 10.5. The summed E-state index contributed by atoms with van der Waals surface area (Å²) in [6, 6.07) is 0. The molecule has 0 aromatic heterocycles. The summed E-state index contributed by atoms with van der Waals surface area (Å²) in [4.78, 5) is 0. The molecule has 0 N–H and O–H groups in total. The van der Waals surface area contributed by atoms with Crippen molar-refractivity contribution in [2.24, 2.45) is 0 Å². The second-order valence-electron chi connectivity index (χ2n) is 3.02. The molecule has 1 fully saturated rings. The number of rotatable bonds is 7. The first-order valence-corrected chi connectivity index (χ1v) is 6.90. The quantitative estimate of drug-likeness (QED) is 0.501. The zero-order valence-electron chi connectivity index (χ0n) is 9.18. The van der Waals surface area contributed by atoms with Crippen LogP contribution in [-0.4, -0.2) is 32.3 Å². The summed E-state index contributed by atoms with van der Waals surface area (Å²) in [6.07, 6.45) is 0.542. The van der Waals surface area contributed by atoms with Crippen LogP contribution in [0.3, 0.4) is 0 Å². The van der Waals surface area contributed by atoms with Gasteiger partial charge in [-0.3, -0.25) is 4.57 Å². The highest BCUT2D eigenvalue weighted by atomic mass is 31.2. The van der Waals surface area contributed by atoms with Gasteiger partial charge in [-0.1, -0.05) is 0 Å². The largest absolute Gasteiger partial charge is 0.330 e. The van der Waals surface area contributed by atoms with Crippen LogP contribution < -0.4 is 0 Å². The standard InChI is InChI=1S/C9H18O5P/c1-3-13-15(10,14-4-2)8-5-9-11-6-7-12-9/h6,9H,3-5,7-8H2,1-2H3/q+1. The van der Waals surface area contributed by atoms with E-state index in [1.807, 2.05) is 0 Å². The molecule has 1 saturated heterocycles. The molecule has 0 aliphatic carbocycles. The Hall–Kier alpha value is -0.0600. The fourth-order valence-corrected chi connectivity index (χ4v) is 2.95. The van der Waals surface area contributed by atoms with Gasteiger partial charge >= 0.3 is 7.60 Å². The Kier molecular flexibility index (Phi) is 5.64. The SMILES string of the molecule is CCOP(=O)(CCC1O[CH+]CO1)OCC. The van der Waals surface area contributed by atoms with Crippen LogP contribution in [0.1, 0.15) is 20.3 Å². The molecule has 0 saturated carbocycles. The third-order valence-corrected chi connectivity index (χ3v) is 4.00.